The summed E-state index contributed by atoms with van der Waals surface area (Å²) in [6.45, 7) is 1.37. The zero-order valence-corrected chi connectivity index (χ0v) is 13.5. The Morgan fingerprint density at radius 1 is 1.12 bits per heavy atom. The molecule has 2 amide bonds. The molecular weight excluding hydrogens is 308 g/mol. The second-order valence-corrected chi connectivity index (χ2v) is 5.81. The van der Waals surface area contributed by atoms with Crippen molar-refractivity contribution >= 4 is 11.8 Å². The van der Waals surface area contributed by atoms with E-state index in [1.165, 1.54) is 0 Å². The molecule has 0 unspecified atom stereocenters. The van der Waals surface area contributed by atoms with Gasteiger partial charge in [0.1, 0.15) is 0 Å². The number of ether oxygens (including phenoxy) is 2. The summed E-state index contributed by atoms with van der Waals surface area (Å²) in [6, 6.07) is 5.47. The van der Waals surface area contributed by atoms with Crippen molar-refractivity contribution in [3.63, 3.8) is 0 Å². The lowest BCUT2D eigenvalue weighted by atomic mass is 10.1. The molecule has 126 valence electrons. The van der Waals surface area contributed by atoms with Crippen molar-refractivity contribution in [1.82, 2.24) is 10.0 Å². The van der Waals surface area contributed by atoms with Crippen LogP contribution < -0.4 is 9.47 Å². The summed E-state index contributed by atoms with van der Waals surface area (Å²) >= 11 is 0. The molecule has 0 radical (unpaired) electrons. The fourth-order valence-electron chi connectivity index (χ4n) is 2.92. The standard InChI is InChI=1S/C18H20N2O4/c1-2-3-4-6-17(21)19-9-5-10-20(19)18(22)12-14-7-8-15-16(11-14)24-13-23-15/h1,7-8,11H,3-6,9-10,12-13H2. The molecule has 0 aromatic heterocycles. The number of hydrogen-bond acceptors (Lipinski definition) is 4. The van der Waals surface area contributed by atoms with Crippen molar-refractivity contribution in [3.05, 3.63) is 23.8 Å². The first-order chi connectivity index (χ1) is 11.7. The average Bonchev–Trinajstić information content (AvgIpc) is 3.23. The molecule has 0 aliphatic carbocycles. The minimum Gasteiger partial charge on any atom is -0.454 e. The van der Waals surface area contributed by atoms with Gasteiger partial charge in [0.15, 0.2) is 11.5 Å². The van der Waals surface area contributed by atoms with E-state index >= 15 is 0 Å². The lowest BCUT2D eigenvalue weighted by Crippen LogP contribution is -2.45. The van der Waals surface area contributed by atoms with E-state index in [4.69, 9.17) is 15.9 Å². The van der Waals surface area contributed by atoms with Gasteiger partial charge in [0.2, 0.25) is 18.6 Å². The molecule has 1 aromatic rings. The first kappa shape index (κ1) is 16.2. The quantitative estimate of drug-likeness (QED) is 0.610. The molecule has 0 bridgehead atoms. The highest BCUT2D eigenvalue weighted by atomic mass is 16.7. The number of hydrogen-bond donors (Lipinski definition) is 0. The monoisotopic (exact) mass is 328 g/mol. The zero-order chi connectivity index (χ0) is 16.9. The Hall–Kier alpha value is -2.68. The SMILES string of the molecule is C#CCCCC(=O)N1CCCN1C(=O)Cc1ccc2c(c1)OCO2. The number of terminal acetylenes is 1. The lowest BCUT2D eigenvalue weighted by Gasteiger charge is -2.28. The average molecular weight is 328 g/mol. The van der Waals surface area contributed by atoms with Crippen LogP contribution >= 0.6 is 0 Å². The second-order valence-electron chi connectivity index (χ2n) is 5.81. The van der Waals surface area contributed by atoms with Gasteiger partial charge >= 0.3 is 0 Å². The highest BCUT2D eigenvalue weighted by molar-refractivity contribution is 5.84. The first-order valence-electron chi connectivity index (χ1n) is 8.11. The van der Waals surface area contributed by atoms with Crippen LogP contribution in [0.2, 0.25) is 0 Å². The minimum atomic E-state index is -0.0864. The van der Waals surface area contributed by atoms with Crippen LogP contribution in [0.1, 0.15) is 31.2 Å². The van der Waals surface area contributed by atoms with Crippen LogP contribution in [0.3, 0.4) is 0 Å². The zero-order valence-electron chi connectivity index (χ0n) is 13.5. The Bertz CT molecular complexity index is 680. The maximum Gasteiger partial charge on any atom is 0.245 e. The van der Waals surface area contributed by atoms with E-state index in [-0.39, 0.29) is 25.0 Å². The normalized spacial score (nSPS) is 15.5. The van der Waals surface area contributed by atoms with Crippen molar-refractivity contribution in [2.45, 2.75) is 32.1 Å². The van der Waals surface area contributed by atoms with Crippen LogP contribution in [0.5, 0.6) is 11.5 Å². The molecule has 0 spiro atoms. The molecule has 2 aliphatic rings. The van der Waals surface area contributed by atoms with Crippen LogP contribution in [0.15, 0.2) is 18.2 Å². The summed E-state index contributed by atoms with van der Waals surface area (Å²) < 4.78 is 10.6. The molecule has 2 aliphatic heterocycles. The summed E-state index contributed by atoms with van der Waals surface area (Å²) in [7, 11) is 0. The van der Waals surface area contributed by atoms with Crippen LogP contribution in [-0.4, -0.2) is 41.7 Å². The Labute approximate surface area is 141 Å². The first-order valence-corrected chi connectivity index (χ1v) is 8.11. The molecule has 1 fully saturated rings. The summed E-state index contributed by atoms with van der Waals surface area (Å²) in [4.78, 5) is 24.9. The van der Waals surface area contributed by atoms with Crippen molar-refractivity contribution < 1.29 is 19.1 Å². The third kappa shape index (κ3) is 3.46. The van der Waals surface area contributed by atoms with Gasteiger partial charge in [-0.3, -0.25) is 19.6 Å². The van der Waals surface area contributed by atoms with Gasteiger partial charge in [-0.15, -0.1) is 12.3 Å². The molecule has 0 N–H and O–H groups in total. The van der Waals surface area contributed by atoms with Gasteiger partial charge in [0, 0.05) is 25.9 Å². The van der Waals surface area contributed by atoms with Gasteiger partial charge in [-0.1, -0.05) is 6.07 Å². The van der Waals surface area contributed by atoms with Gasteiger partial charge in [-0.25, -0.2) is 0 Å². The summed E-state index contributed by atoms with van der Waals surface area (Å²) in [5.41, 5.74) is 0.843. The summed E-state index contributed by atoms with van der Waals surface area (Å²) in [5.74, 6) is 3.75. The smallest absolute Gasteiger partial charge is 0.245 e. The third-order valence-electron chi connectivity index (χ3n) is 4.11. The number of hydrazine groups is 1. The van der Waals surface area contributed by atoms with E-state index in [1.807, 2.05) is 12.1 Å². The fraction of sp³-hybridized carbons (Fsp3) is 0.444. The number of rotatable bonds is 5. The van der Waals surface area contributed by atoms with Crippen molar-refractivity contribution in [2.24, 2.45) is 0 Å². The molecule has 2 heterocycles. The molecular formula is C18H20N2O4. The molecule has 24 heavy (non-hydrogen) atoms. The third-order valence-corrected chi connectivity index (χ3v) is 4.11. The molecule has 1 aromatic carbocycles. The van der Waals surface area contributed by atoms with E-state index in [9.17, 15) is 9.59 Å². The maximum absolute atomic E-state index is 12.6. The van der Waals surface area contributed by atoms with Gasteiger partial charge in [-0.2, -0.15) is 0 Å². The van der Waals surface area contributed by atoms with Gasteiger partial charge in [0.25, 0.3) is 0 Å². The topological polar surface area (TPSA) is 59.1 Å². The van der Waals surface area contributed by atoms with Crippen molar-refractivity contribution in [3.8, 4) is 23.8 Å². The maximum atomic E-state index is 12.6. The highest BCUT2D eigenvalue weighted by Crippen LogP contribution is 2.32. The number of amides is 2. The Morgan fingerprint density at radius 2 is 1.88 bits per heavy atom. The van der Waals surface area contributed by atoms with Crippen molar-refractivity contribution in [2.75, 3.05) is 19.9 Å². The molecule has 6 nitrogen and oxygen atoms in total. The highest BCUT2D eigenvalue weighted by Gasteiger charge is 2.30. The van der Waals surface area contributed by atoms with Crippen molar-refractivity contribution in [1.29, 1.82) is 0 Å². The van der Waals surface area contributed by atoms with E-state index < -0.39 is 0 Å². The van der Waals surface area contributed by atoms with E-state index in [0.29, 0.717) is 43.9 Å². The number of carbonyl (C=O) groups is 2. The van der Waals surface area contributed by atoms with Crippen LogP contribution in [0, 0.1) is 12.3 Å². The van der Waals surface area contributed by atoms with Crippen LogP contribution in [0.25, 0.3) is 0 Å². The van der Waals surface area contributed by atoms with E-state index in [0.717, 1.165) is 12.0 Å². The predicted molar refractivity (Wildman–Crippen MR) is 87.0 cm³/mol. The predicted octanol–water partition coefficient (Wildman–Crippen LogP) is 1.74. The van der Waals surface area contributed by atoms with Gasteiger partial charge < -0.3 is 9.47 Å². The Morgan fingerprint density at radius 3 is 2.67 bits per heavy atom. The van der Waals surface area contributed by atoms with E-state index in [2.05, 4.69) is 5.92 Å². The number of benzene rings is 1. The lowest BCUT2D eigenvalue weighted by molar-refractivity contribution is -0.157. The summed E-state index contributed by atoms with van der Waals surface area (Å²) in [6.07, 6.45) is 7.83. The van der Waals surface area contributed by atoms with Crippen LogP contribution in [0.4, 0.5) is 0 Å². The van der Waals surface area contributed by atoms with E-state index in [1.54, 1.807) is 16.1 Å². The molecule has 3 rings (SSSR count). The second kappa shape index (κ2) is 7.26. The van der Waals surface area contributed by atoms with Gasteiger partial charge in [0.05, 0.1) is 6.42 Å². The number of carbonyl (C=O) groups excluding carboxylic acids is 2. The van der Waals surface area contributed by atoms with Crippen LogP contribution in [-0.2, 0) is 16.0 Å². The largest absolute Gasteiger partial charge is 0.454 e. The number of unbranched alkanes of at least 4 members (excludes halogenated alkanes) is 1. The molecule has 1 saturated heterocycles. The summed E-state index contributed by atoms with van der Waals surface area (Å²) in [5, 5.41) is 3.12. The van der Waals surface area contributed by atoms with Gasteiger partial charge in [-0.05, 0) is 30.5 Å². The molecule has 0 atom stereocenters. The number of nitrogens with zero attached hydrogens (tertiary/aromatic N) is 2. The number of fused-ring (bicyclic) bond motifs is 1. The molecule has 0 saturated carbocycles. The Balaban J connectivity index is 1.61. The fourth-order valence-corrected chi connectivity index (χ4v) is 2.92. The minimum absolute atomic E-state index is 0.0400. The Kier molecular flexibility index (Phi) is 4.90. The molecule has 6 heteroatoms.